The second-order valence-corrected chi connectivity index (χ2v) is 7.88. The summed E-state index contributed by atoms with van der Waals surface area (Å²) < 4.78 is 0. The Balaban J connectivity index is 0.000000466. The van der Waals surface area contributed by atoms with Gasteiger partial charge in [-0.05, 0) is 28.8 Å². The minimum Gasteiger partial charge on any atom is -0.478 e. The van der Waals surface area contributed by atoms with Gasteiger partial charge in [0, 0.05) is 42.7 Å². The lowest BCUT2D eigenvalue weighted by molar-refractivity contribution is -0.134. The van der Waals surface area contributed by atoms with Gasteiger partial charge in [-0.25, -0.2) is 9.59 Å². The molecular weight excluding hydrogens is 468 g/mol. The van der Waals surface area contributed by atoms with E-state index < -0.39 is 11.9 Å². The van der Waals surface area contributed by atoms with Crippen LogP contribution in [-0.4, -0.2) is 28.1 Å². The van der Waals surface area contributed by atoms with E-state index in [1.54, 1.807) is 0 Å². The Bertz CT molecular complexity index is 1090. The summed E-state index contributed by atoms with van der Waals surface area (Å²) in [7, 11) is 0. The molecule has 1 atom stereocenters. The number of carboxylic acids is 2. The summed E-state index contributed by atoms with van der Waals surface area (Å²) >= 11 is 5.95. The van der Waals surface area contributed by atoms with Gasteiger partial charge in [0.05, 0.1) is 0 Å². The average Bonchev–Trinajstić information content (AvgIpc) is 2.86. The maximum Gasteiger partial charge on any atom is 0.328 e. The maximum absolute atomic E-state index is 12.5. The van der Waals surface area contributed by atoms with Gasteiger partial charge in [-0.2, -0.15) is 0 Å². The van der Waals surface area contributed by atoms with Crippen LogP contribution in [0.1, 0.15) is 29.2 Å². The van der Waals surface area contributed by atoms with Crippen molar-refractivity contribution < 1.29 is 24.6 Å². The summed E-state index contributed by atoms with van der Waals surface area (Å²) in [6, 6.07) is 27.7. The van der Waals surface area contributed by atoms with Crippen LogP contribution in [-0.2, 0) is 27.5 Å². The van der Waals surface area contributed by atoms with Gasteiger partial charge in [-0.1, -0.05) is 84.4 Å². The van der Waals surface area contributed by atoms with E-state index in [-0.39, 0.29) is 11.9 Å². The molecule has 0 fully saturated rings. The lowest BCUT2D eigenvalue weighted by Crippen LogP contribution is -2.30. The van der Waals surface area contributed by atoms with Gasteiger partial charge in [-0.15, -0.1) is 0 Å². The minimum atomic E-state index is -1.26. The van der Waals surface area contributed by atoms with Crippen LogP contribution < -0.4 is 10.6 Å². The standard InChI is InChI=1S/C23H23ClN2O.C4H4O4/c24-21-13-11-19(12-14-21)16-25-22(20-9-5-2-6-10-20)15-23(27)26-17-18-7-3-1-4-8-18;5-3(6)1-2-4(7)8/h1-14,22,25H,15-17H2,(H,26,27);1-2H,(H,5,6)(H,7,8). The Labute approximate surface area is 209 Å². The lowest BCUT2D eigenvalue weighted by Gasteiger charge is -2.19. The Hall–Kier alpha value is -3.94. The molecule has 3 aromatic carbocycles. The fourth-order valence-corrected chi connectivity index (χ4v) is 3.16. The SMILES string of the molecule is O=C(CC(NCc1ccc(Cl)cc1)c1ccccc1)NCc1ccccc1.O=C(O)C=CC(=O)O. The van der Waals surface area contributed by atoms with Crippen LogP contribution in [0.3, 0.4) is 0 Å². The van der Waals surface area contributed by atoms with Gasteiger partial charge in [0.25, 0.3) is 0 Å². The molecule has 3 rings (SSSR count). The van der Waals surface area contributed by atoms with E-state index in [4.69, 9.17) is 21.8 Å². The van der Waals surface area contributed by atoms with Crippen molar-refractivity contribution in [3.8, 4) is 0 Å². The van der Waals surface area contributed by atoms with Gasteiger partial charge >= 0.3 is 11.9 Å². The topological polar surface area (TPSA) is 116 Å². The van der Waals surface area contributed by atoms with E-state index in [2.05, 4.69) is 10.6 Å². The second-order valence-electron chi connectivity index (χ2n) is 7.45. The molecule has 0 aliphatic carbocycles. The number of amides is 1. The predicted molar refractivity (Wildman–Crippen MR) is 135 cm³/mol. The van der Waals surface area contributed by atoms with Gasteiger partial charge in [-0.3, -0.25) is 4.79 Å². The highest BCUT2D eigenvalue weighted by atomic mass is 35.5. The molecular formula is C27H27ClN2O5. The summed E-state index contributed by atoms with van der Waals surface area (Å²) in [5.41, 5.74) is 3.32. The third-order valence-corrected chi connectivity index (χ3v) is 5.01. The molecule has 8 heteroatoms. The van der Waals surface area contributed by atoms with E-state index in [1.807, 2.05) is 84.9 Å². The van der Waals surface area contributed by atoms with E-state index in [1.165, 1.54) is 0 Å². The minimum absolute atomic E-state index is 0.0244. The van der Waals surface area contributed by atoms with Crippen LogP contribution in [0.2, 0.25) is 5.02 Å². The van der Waals surface area contributed by atoms with E-state index >= 15 is 0 Å². The quantitative estimate of drug-likeness (QED) is 0.306. The molecule has 0 heterocycles. The highest BCUT2D eigenvalue weighted by Crippen LogP contribution is 2.18. The first-order chi connectivity index (χ1) is 16.8. The molecule has 4 N–H and O–H groups in total. The predicted octanol–water partition coefficient (Wildman–Crippen LogP) is 4.59. The molecule has 0 aromatic heterocycles. The number of carboxylic acid groups (broad SMARTS) is 2. The van der Waals surface area contributed by atoms with Crippen molar-refractivity contribution in [1.29, 1.82) is 0 Å². The smallest absolute Gasteiger partial charge is 0.328 e. The Kier molecular flexibility index (Phi) is 11.7. The van der Waals surface area contributed by atoms with Crippen molar-refractivity contribution in [2.75, 3.05) is 0 Å². The first-order valence-electron chi connectivity index (χ1n) is 10.8. The van der Waals surface area contributed by atoms with Crippen LogP contribution in [0.15, 0.2) is 97.1 Å². The number of aliphatic carboxylic acids is 2. The molecule has 0 aliphatic rings. The van der Waals surface area contributed by atoms with Gasteiger partial charge in [0.15, 0.2) is 0 Å². The Morgan fingerprint density at radius 3 is 1.80 bits per heavy atom. The first kappa shape index (κ1) is 27.3. The molecule has 7 nitrogen and oxygen atoms in total. The van der Waals surface area contributed by atoms with Crippen LogP contribution in [0.4, 0.5) is 0 Å². The number of carbonyl (C=O) groups is 3. The van der Waals surface area contributed by atoms with E-state index in [0.29, 0.717) is 31.7 Å². The highest BCUT2D eigenvalue weighted by molar-refractivity contribution is 6.30. The summed E-state index contributed by atoms with van der Waals surface area (Å²) in [6.07, 6.45) is 1.50. The fraction of sp³-hybridized carbons (Fsp3) is 0.148. The van der Waals surface area contributed by atoms with Crippen molar-refractivity contribution in [2.24, 2.45) is 0 Å². The molecule has 35 heavy (non-hydrogen) atoms. The van der Waals surface area contributed by atoms with Gasteiger partial charge in [0.1, 0.15) is 0 Å². The highest BCUT2D eigenvalue weighted by Gasteiger charge is 2.15. The normalized spacial score (nSPS) is 11.2. The monoisotopic (exact) mass is 494 g/mol. The fourth-order valence-electron chi connectivity index (χ4n) is 3.03. The number of carbonyl (C=O) groups excluding carboxylic acids is 1. The van der Waals surface area contributed by atoms with Gasteiger partial charge in [0.2, 0.25) is 5.91 Å². The van der Waals surface area contributed by atoms with Crippen LogP contribution in [0, 0.1) is 0 Å². The molecule has 1 unspecified atom stereocenters. The maximum atomic E-state index is 12.5. The molecule has 0 saturated carbocycles. The molecule has 0 saturated heterocycles. The van der Waals surface area contributed by atoms with Crippen molar-refractivity contribution in [3.63, 3.8) is 0 Å². The molecule has 0 aliphatic heterocycles. The molecule has 1 amide bonds. The number of rotatable bonds is 10. The van der Waals surface area contributed by atoms with Crippen molar-refractivity contribution in [2.45, 2.75) is 25.6 Å². The van der Waals surface area contributed by atoms with E-state index in [0.717, 1.165) is 21.7 Å². The van der Waals surface area contributed by atoms with Crippen molar-refractivity contribution in [1.82, 2.24) is 10.6 Å². The van der Waals surface area contributed by atoms with Gasteiger partial charge < -0.3 is 20.8 Å². The second kappa shape index (κ2) is 15.1. The zero-order valence-electron chi connectivity index (χ0n) is 18.9. The zero-order valence-corrected chi connectivity index (χ0v) is 19.7. The largest absolute Gasteiger partial charge is 0.478 e. The Morgan fingerprint density at radius 1 is 0.743 bits per heavy atom. The lowest BCUT2D eigenvalue weighted by atomic mass is 10.0. The molecule has 0 radical (unpaired) electrons. The first-order valence-corrected chi connectivity index (χ1v) is 11.2. The molecule has 182 valence electrons. The van der Waals surface area contributed by atoms with Crippen molar-refractivity contribution >= 4 is 29.4 Å². The van der Waals surface area contributed by atoms with Crippen molar-refractivity contribution in [3.05, 3.63) is 119 Å². The molecule has 0 bridgehead atoms. The summed E-state index contributed by atoms with van der Waals surface area (Å²) in [5.74, 6) is -2.49. The average molecular weight is 495 g/mol. The summed E-state index contributed by atoms with van der Waals surface area (Å²) in [4.78, 5) is 31.6. The zero-order chi connectivity index (χ0) is 25.5. The number of halogens is 1. The number of benzene rings is 3. The number of nitrogens with one attached hydrogen (secondary N) is 2. The Morgan fingerprint density at radius 2 is 1.26 bits per heavy atom. The number of hydrogen-bond acceptors (Lipinski definition) is 4. The third kappa shape index (κ3) is 11.7. The van der Waals surface area contributed by atoms with Crippen LogP contribution in [0.25, 0.3) is 0 Å². The summed E-state index contributed by atoms with van der Waals surface area (Å²) in [6.45, 7) is 1.21. The van der Waals surface area contributed by atoms with Crippen LogP contribution in [0.5, 0.6) is 0 Å². The molecule has 3 aromatic rings. The van der Waals surface area contributed by atoms with Crippen LogP contribution >= 0.6 is 11.6 Å². The number of hydrogen-bond donors (Lipinski definition) is 4. The molecule has 0 spiro atoms. The van der Waals surface area contributed by atoms with E-state index in [9.17, 15) is 14.4 Å². The summed E-state index contributed by atoms with van der Waals surface area (Å²) in [5, 5.41) is 22.9. The third-order valence-electron chi connectivity index (χ3n) is 4.76.